The summed E-state index contributed by atoms with van der Waals surface area (Å²) in [5, 5.41) is 3.44. The van der Waals surface area contributed by atoms with Gasteiger partial charge in [0.15, 0.2) is 5.96 Å². The van der Waals surface area contributed by atoms with Crippen molar-refractivity contribution >= 4 is 29.9 Å². The first kappa shape index (κ1) is 20.0. The lowest BCUT2D eigenvalue weighted by Gasteiger charge is -2.32. The number of pyridine rings is 1. The number of halogens is 1. The minimum atomic E-state index is 0. The molecule has 0 saturated carbocycles. The minimum Gasteiger partial charge on any atom is -0.356 e. The van der Waals surface area contributed by atoms with Crippen LogP contribution < -0.4 is 10.9 Å². The minimum absolute atomic E-state index is 0. The Bertz CT molecular complexity index is 535. The highest BCUT2D eigenvalue weighted by Gasteiger charge is 2.18. The predicted molar refractivity (Wildman–Crippen MR) is 107 cm³/mol. The summed E-state index contributed by atoms with van der Waals surface area (Å²) in [5.41, 5.74) is 0.0775. The van der Waals surface area contributed by atoms with Gasteiger partial charge in [0.2, 0.25) is 5.56 Å². The van der Waals surface area contributed by atoms with Crippen molar-refractivity contribution < 1.29 is 0 Å². The second-order valence-electron chi connectivity index (χ2n) is 6.08. The maximum Gasteiger partial charge on any atom is 0.250 e. The Morgan fingerprint density at radius 2 is 2.04 bits per heavy atom. The van der Waals surface area contributed by atoms with E-state index in [4.69, 9.17) is 0 Å². The largest absolute Gasteiger partial charge is 0.356 e. The Balaban J connectivity index is 0.00000264. The molecular formula is C17H29IN4O. The highest BCUT2D eigenvalue weighted by Crippen LogP contribution is 2.15. The molecular weight excluding hydrogens is 403 g/mol. The fourth-order valence-corrected chi connectivity index (χ4v) is 2.81. The second-order valence-corrected chi connectivity index (χ2v) is 6.08. The highest BCUT2D eigenvalue weighted by molar-refractivity contribution is 14.0. The molecule has 0 aliphatic carbocycles. The SMILES string of the molecule is CN=C(NCCCCn1ccccc1=O)N1CCC(C)CC1.I. The van der Waals surface area contributed by atoms with Crippen molar-refractivity contribution in [2.75, 3.05) is 26.7 Å². The maximum atomic E-state index is 11.6. The summed E-state index contributed by atoms with van der Waals surface area (Å²) in [4.78, 5) is 18.3. The normalized spacial score (nSPS) is 16.1. The molecule has 6 heteroatoms. The molecule has 2 heterocycles. The van der Waals surface area contributed by atoms with Crippen molar-refractivity contribution in [1.29, 1.82) is 0 Å². The number of nitrogens with zero attached hydrogens (tertiary/aromatic N) is 3. The summed E-state index contributed by atoms with van der Waals surface area (Å²) in [5.74, 6) is 1.85. The molecule has 2 rings (SSSR count). The van der Waals surface area contributed by atoms with Crippen LogP contribution in [0.3, 0.4) is 0 Å². The van der Waals surface area contributed by atoms with Crippen LogP contribution in [0.4, 0.5) is 0 Å². The summed E-state index contributed by atoms with van der Waals surface area (Å²) in [6, 6.07) is 5.29. The van der Waals surface area contributed by atoms with Crippen LogP contribution in [0.15, 0.2) is 34.2 Å². The number of nitrogens with one attached hydrogen (secondary N) is 1. The average molecular weight is 432 g/mol. The van der Waals surface area contributed by atoms with Crippen LogP contribution in [0.1, 0.15) is 32.6 Å². The maximum absolute atomic E-state index is 11.6. The Morgan fingerprint density at radius 1 is 1.30 bits per heavy atom. The Labute approximate surface area is 156 Å². The van der Waals surface area contributed by atoms with Gasteiger partial charge in [0.25, 0.3) is 0 Å². The molecule has 0 aromatic carbocycles. The summed E-state index contributed by atoms with van der Waals surface area (Å²) in [6.07, 6.45) is 6.37. The molecule has 1 aliphatic rings. The van der Waals surface area contributed by atoms with Gasteiger partial charge in [0, 0.05) is 45.5 Å². The van der Waals surface area contributed by atoms with Crippen LogP contribution in [0.5, 0.6) is 0 Å². The molecule has 1 saturated heterocycles. The number of aromatic nitrogens is 1. The fourth-order valence-electron chi connectivity index (χ4n) is 2.81. The van der Waals surface area contributed by atoms with Crippen molar-refractivity contribution in [3.63, 3.8) is 0 Å². The van der Waals surface area contributed by atoms with Crippen molar-refractivity contribution in [3.8, 4) is 0 Å². The molecule has 1 N–H and O–H groups in total. The van der Waals surface area contributed by atoms with Gasteiger partial charge in [-0.1, -0.05) is 13.0 Å². The topological polar surface area (TPSA) is 49.6 Å². The number of piperidine rings is 1. The number of aryl methyl sites for hydroxylation is 1. The average Bonchev–Trinajstić information content (AvgIpc) is 2.54. The molecule has 23 heavy (non-hydrogen) atoms. The molecule has 1 aromatic rings. The van der Waals surface area contributed by atoms with E-state index in [-0.39, 0.29) is 29.5 Å². The molecule has 1 aromatic heterocycles. The first-order valence-electron chi connectivity index (χ1n) is 8.32. The molecule has 0 unspecified atom stereocenters. The number of hydrogen-bond acceptors (Lipinski definition) is 2. The smallest absolute Gasteiger partial charge is 0.250 e. The third-order valence-electron chi connectivity index (χ3n) is 4.30. The van der Waals surface area contributed by atoms with E-state index in [0.717, 1.165) is 50.9 Å². The molecule has 0 spiro atoms. The van der Waals surface area contributed by atoms with Crippen molar-refractivity contribution in [2.45, 2.75) is 39.2 Å². The van der Waals surface area contributed by atoms with Gasteiger partial charge < -0.3 is 14.8 Å². The van der Waals surface area contributed by atoms with E-state index >= 15 is 0 Å². The molecule has 1 aliphatic heterocycles. The summed E-state index contributed by atoms with van der Waals surface area (Å²) in [6.45, 7) is 6.20. The molecule has 0 amide bonds. The van der Waals surface area contributed by atoms with Crippen LogP contribution in [0.25, 0.3) is 0 Å². The third-order valence-corrected chi connectivity index (χ3v) is 4.30. The van der Waals surface area contributed by atoms with Gasteiger partial charge >= 0.3 is 0 Å². The van der Waals surface area contributed by atoms with E-state index in [1.54, 1.807) is 16.7 Å². The van der Waals surface area contributed by atoms with Crippen LogP contribution in [0.2, 0.25) is 0 Å². The second kappa shape index (κ2) is 10.7. The van der Waals surface area contributed by atoms with Crippen molar-refractivity contribution in [1.82, 2.24) is 14.8 Å². The van der Waals surface area contributed by atoms with Gasteiger partial charge in [-0.05, 0) is 37.7 Å². The van der Waals surface area contributed by atoms with Crippen LogP contribution >= 0.6 is 24.0 Å². The third kappa shape index (κ3) is 6.53. The van der Waals surface area contributed by atoms with Crippen LogP contribution in [0, 0.1) is 5.92 Å². The number of likely N-dealkylation sites (tertiary alicyclic amines) is 1. The summed E-state index contributed by atoms with van der Waals surface area (Å²) < 4.78 is 1.76. The fraction of sp³-hybridized carbons (Fsp3) is 0.647. The van der Waals surface area contributed by atoms with Gasteiger partial charge in [-0.2, -0.15) is 0 Å². The quantitative estimate of drug-likeness (QED) is 0.337. The zero-order chi connectivity index (χ0) is 15.8. The van der Waals surface area contributed by atoms with Crippen molar-refractivity contribution in [2.24, 2.45) is 10.9 Å². The zero-order valence-electron chi connectivity index (χ0n) is 14.2. The molecule has 1 fully saturated rings. The molecule has 0 bridgehead atoms. The van der Waals surface area contributed by atoms with E-state index < -0.39 is 0 Å². The van der Waals surface area contributed by atoms with Gasteiger partial charge in [-0.25, -0.2) is 0 Å². The van der Waals surface area contributed by atoms with E-state index in [1.165, 1.54) is 12.8 Å². The first-order valence-corrected chi connectivity index (χ1v) is 8.32. The standard InChI is InChI=1S/C17H28N4O.HI/c1-15-8-13-21(14-9-15)17(18-2)19-10-4-6-12-20-11-5-3-7-16(20)22;/h3,5,7,11,15H,4,6,8-10,12-14H2,1-2H3,(H,18,19);1H. The Kier molecular flexibility index (Phi) is 9.28. The lowest BCUT2D eigenvalue weighted by molar-refractivity contribution is 0.273. The number of unbranched alkanes of at least 4 members (excludes halogenated alkanes) is 1. The molecule has 130 valence electrons. The monoisotopic (exact) mass is 432 g/mol. The summed E-state index contributed by atoms with van der Waals surface area (Å²) in [7, 11) is 1.85. The van der Waals surface area contributed by atoms with Crippen molar-refractivity contribution in [3.05, 3.63) is 34.7 Å². The Morgan fingerprint density at radius 3 is 2.70 bits per heavy atom. The Hall–Kier alpha value is -1.05. The van der Waals surface area contributed by atoms with Crippen LogP contribution in [-0.2, 0) is 6.54 Å². The van der Waals surface area contributed by atoms with Gasteiger partial charge in [-0.15, -0.1) is 24.0 Å². The van der Waals surface area contributed by atoms with E-state index in [2.05, 4.69) is 22.1 Å². The molecule has 0 atom stereocenters. The number of aliphatic imine (C=N–C) groups is 1. The molecule has 0 radical (unpaired) electrons. The van der Waals surface area contributed by atoms with Crippen LogP contribution in [-0.4, -0.2) is 42.1 Å². The highest BCUT2D eigenvalue weighted by atomic mass is 127. The van der Waals surface area contributed by atoms with E-state index in [1.807, 2.05) is 19.3 Å². The number of guanidine groups is 1. The number of rotatable bonds is 5. The lowest BCUT2D eigenvalue weighted by Crippen LogP contribution is -2.45. The molecule has 5 nitrogen and oxygen atoms in total. The zero-order valence-corrected chi connectivity index (χ0v) is 16.5. The number of hydrogen-bond donors (Lipinski definition) is 1. The lowest BCUT2D eigenvalue weighted by atomic mass is 10.00. The van der Waals surface area contributed by atoms with Gasteiger partial charge in [0.1, 0.15) is 0 Å². The predicted octanol–water partition coefficient (Wildman–Crippen LogP) is 2.55. The first-order chi connectivity index (χ1) is 10.7. The summed E-state index contributed by atoms with van der Waals surface area (Å²) >= 11 is 0. The van der Waals surface area contributed by atoms with Gasteiger partial charge in [0.05, 0.1) is 0 Å². The van der Waals surface area contributed by atoms with Gasteiger partial charge in [-0.3, -0.25) is 9.79 Å². The van der Waals surface area contributed by atoms with E-state index in [9.17, 15) is 4.79 Å². The van der Waals surface area contributed by atoms with E-state index in [0.29, 0.717) is 0 Å².